The van der Waals surface area contributed by atoms with Crippen LogP contribution in [-0.2, 0) is 4.74 Å². The average Bonchev–Trinajstić information content (AvgIpc) is 3.48. The number of benzene rings is 1. The number of ether oxygens (including phenoxy) is 1. The first-order valence-electron chi connectivity index (χ1n) is 10.2. The number of hydrogen-bond donors (Lipinski definition) is 4. The lowest BCUT2D eigenvalue weighted by Gasteiger charge is -2.17. The van der Waals surface area contributed by atoms with Crippen molar-refractivity contribution < 1.29 is 24.5 Å². The molecule has 4 aromatic rings. The quantitative estimate of drug-likeness (QED) is 0.220. The lowest BCUT2D eigenvalue weighted by Crippen LogP contribution is -2.33. The zero-order chi connectivity index (χ0) is 23.1. The Bertz CT molecular complexity index is 1250. The van der Waals surface area contributed by atoms with Gasteiger partial charge in [0.1, 0.15) is 23.8 Å². The number of aliphatic hydroxyl groups excluding tert-OH is 3. The van der Waals surface area contributed by atoms with Crippen molar-refractivity contribution in [3.05, 3.63) is 35.9 Å². The smallest absolute Gasteiger partial charge is 0.256 e. The van der Waals surface area contributed by atoms with E-state index in [-0.39, 0.29) is 11.3 Å². The Labute approximate surface area is 196 Å². The minimum absolute atomic E-state index is 0.0164. The van der Waals surface area contributed by atoms with Gasteiger partial charge in [-0.25, -0.2) is 9.97 Å². The molecule has 5 rings (SSSR count). The van der Waals surface area contributed by atoms with E-state index in [1.807, 2.05) is 31.2 Å². The monoisotopic (exact) mass is 494 g/mol. The van der Waals surface area contributed by atoms with Gasteiger partial charge in [-0.05, 0) is 30.7 Å². The predicted octanol–water partition coefficient (Wildman–Crippen LogP) is 1.83. The first-order chi connectivity index (χ1) is 15.9. The second kappa shape index (κ2) is 9.05. The lowest BCUT2D eigenvalue weighted by atomic mass is 10.1. The minimum atomic E-state index is -1.27. The van der Waals surface area contributed by atoms with Gasteiger partial charge in [-0.1, -0.05) is 23.9 Å². The van der Waals surface area contributed by atoms with Crippen LogP contribution in [0.3, 0.4) is 0 Å². The number of halogens is 1. The Kier molecular flexibility index (Phi) is 6.12. The van der Waals surface area contributed by atoms with Crippen LogP contribution in [0.15, 0.2) is 40.2 Å². The summed E-state index contributed by atoms with van der Waals surface area (Å²) in [4.78, 5) is 17.3. The number of imidazole rings is 1. The number of fused-ring (bicyclic) bond motifs is 2. The number of aromatic nitrogens is 5. The molecule has 0 radical (unpaired) electrons. The van der Waals surface area contributed by atoms with Crippen LogP contribution in [-0.4, -0.2) is 76.5 Å². The largest absolute Gasteiger partial charge is 0.431 e. The molecule has 0 aliphatic carbocycles. The molecule has 0 amide bonds. The average molecular weight is 495 g/mol. The van der Waals surface area contributed by atoms with Crippen LogP contribution >= 0.6 is 23.4 Å². The van der Waals surface area contributed by atoms with Gasteiger partial charge >= 0.3 is 0 Å². The molecule has 1 aliphatic rings. The molecule has 1 aromatic carbocycles. The fraction of sp³-hybridized carbons (Fsp3) is 0.400. The second-order valence-electron chi connectivity index (χ2n) is 7.70. The van der Waals surface area contributed by atoms with E-state index in [2.05, 4.69) is 25.3 Å². The van der Waals surface area contributed by atoms with Crippen molar-refractivity contribution in [1.82, 2.24) is 24.5 Å². The molecule has 4 N–H and O–H groups in total. The maximum Gasteiger partial charge on any atom is 0.256 e. The highest BCUT2D eigenvalue weighted by molar-refractivity contribution is 7.99. The van der Waals surface area contributed by atoms with Crippen molar-refractivity contribution in [2.45, 2.75) is 42.7 Å². The van der Waals surface area contributed by atoms with Crippen LogP contribution < -0.4 is 5.32 Å². The molecule has 0 bridgehead atoms. The molecule has 0 spiro atoms. The summed E-state index contributed by atoms with van der Waals surface area (Å²) in [6.45, 7) is 1.54. The number of para-hydroxylation sites is 2. The van der Waals surface area contributed by atoms with Crippen LogP contribution in [0.1, 0.15) is 13.2 Å². The zero-order valence-corrected chi connectivity index (χ0v) is 18.9. The van der Waals surface area contributed by atoms with Crippen molar-refractivity contribution in [2.75, 3.05) is 17.7 Å². The Morgan fingerprint density at radius 1 is 1.24 bits per heavy atom. The Balaban J connectivity index is 1.34. The summed E-state index contributed by atoms with van der Waals surface area (Å²) in [6, 6.07) is 7.52. The SMILES string of the molecule is C[C@H](CSc1nc2ccccc2o1)Nc1nc(Cl)nc2c1n[14cH]n2[C@@H]1O[C@H](CO)[C@@H](O)[C@H]1O. The third-order valence-corrected chi connectivity index (χ3v) is 6.56. The number of hydrogen-bond acceptors (Lipinski definition) is 11. The molecular weight excluding hydrogens is 474 g/mol. The molecular formula is C20H21ClN6O5S. The number of anilines is 1. The van der Waals surface area contributed by atoms with E-state index < -0.39 is 31.1 Å². The molecule has 174 valence electrons. The predicted molar refractivity (Wildman–Crippen MR) is 121 cm³/mol. The first-order valence-corrected chi connectivity index (χ1v) is 11.6. The summed E-state index contributed by atoms with van der Waals surface area (Å²) >= 11 is 7.62. The van der Waals surface area contributed by atoms with E-state index >= 15 is 0 Å². The van der Waals surface area contributed by atoms with Crippen LogP contribution in [0.5, 0.6) is 0 Å². The van der Waals surface area contributed by atoms with Gasteiger partial charge in [-0.15, -0.1) is 0 Å². The normalized spacial score (nSPS) is 24.0. The number of nitrogens with zero attached hydrogens (tertiary/aromatic N) is 5. The molecule has 0 unspecified atom stereocenters. The first kappa shape index (κ1) is 22.3. The summed E-state index contributed by atoms with van der Waals surface area (Å²) in [7, 11) is 0. The van der Waals surface area contributed by atoms with Crippen molar-refractivity contribution in [1.29, 1.82) is 0 Å². The number of aliphatic hydroxyl groups is 3. The molecule has 5 atom stereocenters. The number of thioether (sulfide) groups is 1. The van der Waals surface area contributed by atoms with E-state index in [0.29, 0.717) is 28.0 Å². The Hall–Kier alpha value is -2.48. The van der Waals surface area contributed by atoms with Gasteiger partial charge in [0.2, 0.25) is 5.28 Å². The van der Waals surface area contributed by atoms with E-state index in [1.54, 1.807) is 0 Å². The fourth-order valence-corrected chi connectivity index (χ4v) is 4.62. The van der Waals surface area contributed by atoms with E-state index in [9.17, 15) is 15.3 Å². The standard InChI is InChI=1S/C20H21ClN6O5S/c1-9(7-33-20-24-10-4-2-3-5-11(10)32-20)23-16-13-17(26-19(21)25-16)27(8-22-13)18-15(30)14(29)12(6-28)31-18/h2-5,8-9,12,14-15,18,28-30H,6-7H2,1H3,(H,23,25,26)/t9-,12-,14-,15-,18-/m1/s1/i8+2. The Morgan fingerprint density at radius 3 is 2.82 bits per heavy atom. The third-order valence-electron chi connectivity index (χ3n) is 5.30. The number of nitrogens with one attached hydrogen (secondary N) is 1. The minimum Gasteiger partial charge on any atom is -0.431 e. The summed E-state index contributed by atoms with van der Waals surface area (Å²) in [5, 5.41) is 33.6. The molecule has 11 nitrogen and oxygen atoms in total. The molecule has 3 aromatic heterocycles. The van der Waals surface area contributed by atoms with Gasteiger partial charge in [-0.2, -0.15) is 9.97 Å². The molecule has 4 heterocycles. The highest BCUT2D eigenvalue weighted by Crippen LogP contribution is 2.33. The van der Waals surface area contributed by atoms with Crippen LogP contribution in [0.4, 0.5) is 5.82 Å². The summed E-state index contributed by atoms with van der Waals surface area (Å²) < 4.78 is 12.8. The van der Waals surface area contributed by atoms with Crippen LogP contribution in [0.2, 0.25) is 5.28 Å². The van der Waals surface area contributed by atoms with Crippen LogP contribution in [0.25, 0.3) is 22.3 Å². The van der Waals surface area contributed by atoms with Gasteiger partial charge in [0, 0.05) is 11.8 Å². The molecule has 1 aliphatic heterocycles. The van der Waals surface area contributed by atoms with Crippen molar-refractivity contribution in [3.8, 4) is 0 Å². The van der Waals surface area contributed by atoms with Crippen molar-refractivity contribution >= 4 is 51.4 Å². The number of rotatable bonds is 7. The molecule has 0 saturated carbocycles. The molecule has 1 fully saturated rings. The van der Waals surface area contributed by atoms with Gasteiger partial charge in [-0.3, -0.25) is 4.57 Å². The lowest BCUT2D eigenvalue weighted by molar-refractivity contribution is -0.0511. The topological polar surface area (TPSA) is 152 Å². The highest BCUT2D eigenvalue weighted by Gasteiger charge is 2.44. The molecule has 1 saturated heterocycles. The maximum absolute atomic E-state index is 10.4. The van der Waals surface area contributed by atoms with Crippen LogP contribution in [0, 0.1) is 0 Å². The Morgan fingerprint density at radius 2 is 2.06 bits per heavy atom. The second-order valence-corrected chi connectivity index (χ2v) is 9.01. The van der Waals surface area contributed by atoms with E-state index in [0.717, 1.165) is 11.1 Å². The van der Waals surface area contributed by atoms with E-state index in [1.165, 1.54) is 22.7 Å². The van der Waals surface area contributed by atoms with Gasteiger partial charge in [0.15, 0.2) is 28.8 Å². The summed E-state index contributed by atoms with van der Waals surface area (Å²) in [6.07, 6.45) is -2.97. The number of oxazole rings is 1. The van der Waals surface area contributed by atoms with Crippen molar-refractivity contribution in [3.63, 3.8) is 0 Å². The maximum atomic E-state index is 10.4. The fourth-order valence-electron chi connectivity index (χ4n) is 3.67. The van der Waals surface area contributed by atoms with Crippen molar-refractivity contribution in [2.24, 2.45) is 0 Å². The van der Waals surface area contributed by atoms with E-state index in [4.69, 9.17) is 20.8 Å². The zero-order valence-electron chi connectivity index (χ0n) is 17.4. The molecule has 13 heteroatoms. The highest BCUT2D eigenvalue weighted by atomic mass is 35.5. The summed E-state index contributed by atoms with van der Waals surface area (Å²) in [5.41, 5.74) is 2.29. The molecule has 33 heavy (non-hydrogen) atoms. The van der Waals surface area contributed by atoms with Gasteiger partial charge < -0.3 is 29.8 Å². The third kappa shape index (κ3) is 4.25. The summed E-state index contributed by atoms with van der Waals surface area (Å²) in [5.74, 6) is 1.05. The van der Waals surface area contributed by atoms with Gasteiger partial charge in [0.25, 0.3) is 5.22 Å². The van der Waals surface area contributed by atoms with Gasteiger partial charge in [0.05, 0.1) is 12.9 Å².